The minimum absolute atomic E-state index is 0.529. The van der Waals surface area contributed by atoms with E-state index >= 15 is 0 Å². The molecule has 0 saturated carbocycles. The van der Waals surface area contributed by atoms with Gasteiger partial charge in [0.05, 0.1) is 6.54 Å². The van der Waals surface area contributed by atoms with Crippen molar-refractivity contribution in [3.8, 4) is 12.3 Å². The van der Waals surface area contributed by atoms with Gasteiger partial charge in [-0.1, -0.05) is 23.6 Å². The zero-order chi connectivity index (χ0) is 8.97. The predicted octanol–water partition coefficient (Wildman–Crippen LogP) is 2.69. The van der Waals surface area contributed by atoms with Gasteiger partial charge in [-0.3, -0.25) is 0 Å². The van der Waals surface area contributed by atoms with Crippen molar-refractivity contribution in [3.63, 3.8) is 0 Å². The molecule has 0 heterocycles. The number of terminal acetylenes is 1. The van der Waals surface area contributed by atoms with Crippen LogP contribution in [0.15, 0.2) is 18.2 Å². The zero-order valence-corrected chi connectivity index (χ0v) is 7.65. The first-order valence-electron chi connectivity index (χ1n) is 3.68. The molecule has 0 spiro atoms. The average Bonchev–Trinajstić information content (AvgIpc) is 2.08. The van der Waals surface area contributed by atoms with Gasteiger partial charge >= 0.3 is 0 Å². The Balaban J connectivity index is 2.86. The summed E-state index contributed by atoms with van der Waals surface area (Å²) in [6.45, 7) is 2.49. The van der Waals surface area contributed by atoms with Crippen LogP contribution < -0.4 is 5.32 Å². The first-order chi connectivity index (χ1) is 5.75. The van der Waals surface area contributed by atoms with E-state index in [9.17, 15) is 0 Å². The minimum atomic E-state index is 0.529. The molecule has 0 fully saturated rings. The number of nitrogens with one attached hydrogen (secondary N) is 1. The van der Waals surface area contributed by atoms with Crippen molar-refractivity contribution in [2.45, 2.75) is 6.92 Å². The van der Waals surface area contributed by atoms with Gasteiger partial charge in [0.2, 0.25) is 0 Å². The molecule has 0 aliphatic heterocycles. The highest BCUT2D eigenvalue weighted by Gasteiger charge is 1.98. The average molecular weight is 180 g/mol. The maximum atomic E-state index is 5.90. The van der Waals surface area contributed by atoms with Crippen molar-refractivity contribution in [2.75, 3.05) is 11.9 Å². The van der Waals surface area contributed by atoms with E-state index in [4.69, 9.17) is 18.0 Å². The molecule has 0 aliphatic carbocycles. The first kappa shape index (κ1) is 8.96. The van der Waals surface area contributed by atoms with Crippen LogP contribution >= 0.6 is 11.6 Å². The monoisotopic (exact) mass is 179 g/mol. The quantitative estimate of drug-likeness (QED) is 0.689. The molecule has 0 radical (unpaired) electrons. The maximum Gasteiger partial charge on any atom is 0.0763 e. The Kier molecular flexibility index (Phi) is 3.01. The van der Waals surface area contributed by atoms with Crippen molar-refractivity contribution in [2.24, 2.45) is 0 Å². The molecule has 1 N–H and O–H groups in total. The van der Waals surface area contributed by atoms with Gasteiger partial charge in [-0.15, -0.1) is 6.42 Å². The van der Waals surface area contributed by atoms with Crippen LogP contribution in [0.1, 0.15) is 5.56 Å². The third-order valence-electron chi connectivity index (χ3n) is 1.65. The van der Waals surface area contributed by atoms with E-state index in [-0.39, 0.29) is 0 Å². The molecule has 0 aromatic heterocycles. The predicted molar refractivity (Wildman–Crippen MR) is 53.5 cm³/mol. The third-order valence-corrected chi connectivity index (χ3v) is 2.06. The fourth-order valence-electron chi connectivity index (χ4n) is 0.945. The Labute approximate surface area is 77.7 Å². The summed E-state index contributed by atoms with van der Waals surface area (Å²) in [6, 6.07) is 5.71. The molecular weight excluding hydrogens is 170 g/mol. The maximum absolute atomic E-state index is 5.90. The Morgan fingerprint density at radius 2 is 2.33 bits per heavy atom. The standard InChI is InChI=1S/C10H10ClN/c1-3-7-12-10-6-4-5-9(11)8(10)2/h1,4-6,12H,7H2,2H3. The minimum Gasteiger partial charge on any atom is -0.374 e. The van der Waals surface area contributed by atoms with Crippen LogP contribution in [-0.4, -0.2) is 6.54 Å². The molecule has 1 aromatic rings. The number of hydrogen-bond acceptors (Lipinski definition) is 1. The molecule has 62 valence electrons. The van der Waals surface area contributed by atoms with E-state index in [1.165, 1.54) is 0 Å². The topological polar surface area (TPSA) is 12.0 Å². The van der Waals surface area contributed by atoms with Gasteiger partial charge in [-0.05, 0) is 24.6 Å². The van der Waals surface area contributed by atoms with E-state index in [1.807, 2.05) is 25.1 Å². The van der Waals surface area contributed by atoms with Gasteiger partial charge in [-0.2, -0.15) is 0 Å². The van der Waals surface area contributed by atoms with Gasteiger partial charge in [-0.25, -0.2) is 0 Å². The molecule has 0 saturated heterocycles. The van der Waals surface area contributed by atoms with Crippen LogP contribution in [0.2, 0.25) is 5.02 Å². The lowest BCUT2D eigenvalue weighted by atomic mass is 10.2. The number of anilines is 1. The number of benzene rings is 1. The Morgan fingerprint density at radius 1 is 1.58 bits per heavy atom. The van der Waals surface area contributed by atoms with E-state index in [1.54, 1.807) is 0 Å². The molecule has 2 heteroatoms. The second kappa shape index (κ2) is 4.04. The van der Waals surface area contributed by atoms with Crippen LogP contribution in [0.4, 0.5) is 5.69 Å². The number of halogens is 1. The summed E-state index contributed by atoms with van der Waals surface area (Å²) in [6.07, 6.45) is 5.12. The second-order valence-corrected chi connectivity index (χ2v) is 2.88. The molecular formula is C10H10ClN. The molecule has 0 atom stereocenters. The Hall–Kier alpha value is -1.13. The van der Waals surface area contributed by atoms with Gasteiger partial charge in [0.15, 0.2) is 0 Å². The summed E-state index contributed by atoms with van der Waals surface area (Å²) in [7, 11) is 0. The molecule has 1 rings (SSSR count). The Bertz CT molecular complexity index is 312. The molecule has 0 aliphatic rings. The molecule has 0 bridgehead atoms. The number of hydrogen-bond donors (Lipinski definition) is 1. The summed E-state index contributed by atoms with van der Waals surface area (Å²) in [5, 5.41) is 3.84. The van der Waals surface area contributed by atoms with E-state index in [0.29, 0.717) is 6.54 Å². The van der Waals surface area contributed by atoms with E-state index in [0.717, 1.165) is 16.3 Å². The molecule has 0 amide bonds. The van der Waals surface area contributed by atoms with Crippen molar-refractivity contribution < 1.29 is 0 Å². The van der Waals surface area contributed by atoms with Gasteiger partial charge in [0, 0.05) is 10.7 Å². The lowest BCUT2D eigenvalue weighted by Crippen LogP contribution is -1.99. The SMILES string of the molecule is C#CCNc1cccc(Cl)c1C. The van der Waals surface area contributed by atoms with Crippen molar-refractivity contribution >= 4 is 17.3 Å². The second-order valence-electron chi connectivity index (χ2n) is 2.47. The van der Waals surface area contributed by atoms with Gasteiger partial charge in [0.25, 0.3) is 0 Å². The van der Waals surface area contributed by atoms with Crippen LogP contribution in [0.25, 0.3) is 0 Å². The van der Waals surface area contributed by atoms with Crippen LogP contribution in [-0.2, 0) is 0 Å². The normalized spacial score (nSPS) is 9.08. The van der Waals surface area contributed by atoms with Crippen LogP contribution in [0.5, 0.6) is 0 Å². The van der Waals surface area contributed by atoms with Crippen molar-refractivity contribution in [1.29, 1.82) is 0 Å². The fraction of sp³-hybridized carbons (Fsp3) is 0.200. The molecule has 1 nitrogen and oxygen atoms in total. The summed E-state index contributed by atoms with van der Waals surface area (Å²) >= 11 is 5.90. The van der Waals surface area contributed by atoms with Crippen molar-refractivity contribution in [1.82, 2.24) is 0 Å². The summed E-state index contributed by atoms with van der Waals surface area (Å²) in [5.41, 5.74) is 2.04. The molecule has 0 unspecified atom stereocenters. The summed E-state index contributed by atoms with van der Waals surface area (Å²) < 4.78 is 0. The highest BCUT2D eigenvalue weighted by molar-refractivity contribution is 6.31. The zero-order valence-electron chi connectivity index (χ0n) is 6.89. The first-order valence-corrected chi connectivity index (χ1v) is 4.06. The van der Waals surface area contributed by atoms with E-state index < -0.39 is 0 Å². The lowest BCUT2D eigenvalue weighted by molar-refractivity contribution is 1.33. The van der Waals surface area contributed by atoms with E-state index in [2.05, 4.69) is 11.2 Å². The summed E-state index contributed by atoms with van der Waals surface area (Å²) in [5.74, 6) is 2.51. The highest BCUT2D eigenvalue weighted by atomic mass is 35.5. The largest absolute Gasteiger partial charge is 0.374 e. The highest BCUT2D eigenvalue weighted by Crippen LogP contribution is 2.22. The Morgan fingerprint density at radius 3 is 3.00 bits per heavy atom. The van der Waals surface area contributed by atoms with Crippen LogP contribution in [0.3, 0.4) is 0 Å². The molecule has 1 aromatic carbocycles. The van der Waals surface area contributed by atoms with Gasteiger partial charge in [0.1, 0.15) is 0 Å². The fourth-order valence-corrected chi connectivity index (χ4v) is 1.12. The third kappa shape index (κ3) is 1.93. The summed E-state index contributed by atoms with van der Waals surface area (Å²) in [4.78, 5) is 0. The lowest BCUT2D eigenvalue weighted by Gasteiger charge is -2.07. The van der Waals surface area contributed by atoms with Crippen LogP contribution in [0, 0.1) is 19.3 Å². The van der Waals surface area contributed by atoms with Gasteiger partial charge < -0.3 is 5.32 Å². The molecule has 12 heavy (non-hydrogen) atoms. The smallest absolute Gasteiger partial charge is 0.0763 e. The number of rotatable bonds is 2. The van der Waals surface area contributed by atoms with Crippen molar-refractivity contribution in [3.05, 3.63) is 28.8 Å².